The van der Waals surface area contributed by atoms with E-state index < -0.39 is 0 Å². The van der Waals surface area contributed by atoms with Crippen molar-refractivity contribution in [2.75, 3.05) is 0 Å². The van der Waals surface area contributed by atoms with Crippen LogP contribution in [0.1, 0.15) is 22.3 Å². The van der Waals surface area contributed by atoms with Gasteiger partial charge in [0.1, 0.15) is 11.5 Å². The summed E-state index contributed by atoms with van der Waals surface area (Å²) in [7, 11) is 0. The van der Waals surface area contributed by atoms with Crippen LogP contribution in [-0.2, 0) is 0 Å². The summed E-state index contributed by atoms with van der Waals surface area (Å²) in [6.07, 6.45) is 0. The summed E-state index contributed by atoms with van der Waals surface area (Å²) in [4.78, 5) is 0. The first-order valence-corrected chi connectivity index (χ1v) is 6.89. The van der Waals surface area contributed by atoms with Crippen molar-refractivity contribution in [2.45, 2.75) is 27.7 Å². The van der Waals surface area contributed by atoms with E-state index in [1.54, 1.807) is 0 Å². The lowest BCUT2D eigenvalue weighted by atomic mass is 10.1. The summed E-state index contributed by atoms with van der Waals surface area (Å²) in [5.41, 5.74) is 4.53. The topological polar surface area (TPSA) is 18.5 Å². The highest BCUT2D eigenvalue weighted by atomic mass is 32.1. The second-order valence-electron chi connectivity index (χ2n) is 5.10. The smallest absolute Gasteiger partial charge is 0.363 e. The van der Waals surface area contributed by atoms with Crippen molar-refractivity contribution in [1.82, 2.24) is 0 Å². The lowest BCUT2D eigenvalue weighted by Crippen LogP contribution is -2.13. The molecule has 0 aliphatic rings. The Hall–Kier alpha value is -1.87. The Bertz CT molecular complexity index is 551. The van der Waals surface area contributed by atoms with E-state index in [-0.39, 0.29) is 5.24 Å². The van der Waals surface area contributed by atoms with Gasteiger partial charge in [0.25, 0.3) is 0 Å². The molecule has 0 aliphatic carbocycles. The fraction of sp³-hybridized carbons (Fsp3) is 0.235. The molecule has 0 N–H and O–H groups in total. The Kier molecular flexibility index (Phi) is 4.40. The molecule has 0 aromatic heterocycles. The van der Waals surface area contributed by atoms with Crippen molar-refractivity contribution in [3.05, 3.63) is 58.7 Å². The van der Waals surface area contributed by atoms with E-state index in [2.05, 4.69) is 12.1 Å². The molecule has 0 saturated heterocycles. The van der Waals surface area contributed by atoms with Gasteiger partial charge in [-0.15, -0.1) is 0 Å². The first-order chi connectivity index (χ1) is 9.42. The predicted octanol–water partition coefficient (Wildman–Crippen LogP) is 4.66. The highest BCUT2D eigenvalue weighted by molar-refractivity contribution is 7.79. The number of benzene rings is 2. The van der Waals surface area contributed by atoms with E-state index in [0.29, 0.717) is 11.5 Å². The molecule has 0 unspecified atom stereocenters. The maximum Gasteiger partial charge on any atom is 0.363 e. The normalized spacial score (nSPS) is 10.2. The molecule has 0 heterocycles. The lowest BCUT2D eigenvalue weighted by Gasteiger charge is -2.10. The number of aryl methyl sites for hydroxylation is 4. The van der Waals surface area contributed by atoms with Gasteiger partial charge < -0.3 is 9.47 Å². The summed E-state index contributed by atoms with van der Waals surface area (Å²) in [5, 5.41) is 0.111. The first-order valence-electron chi connectivity index (χ1n) is 6.48. The van der Waals surface area contributed by atoms with Crippen LogP contribution in [-0.4, -0.2) is 5.24 Å². The average molecular weight is 286 g/mol. The first kappa shape index (κ1) is 14.5. The van der Waals surface area contributed by atoms with Gasteiger partial charge in [-0.3, -0.25) is 0 Å². The summed E-state index contributed by atoms with van der Waals surface area (Å²) < 4.78 is 11.1. The summed E-state index contributed by atoms with van der Waals surface area (Å²) in [5.74, 6) is 1.41. The minimum Gasteiger partial charge on any atom is -0.417 e. The summed E-state index contributed by atoms with van der Waals surface area (Å²) in [6.45, 7) is 8.09. The number of thiocarbonyl (C=S) groups is 1. The highest BCUT2D eigenvalue weighted by Gasteiger charge is 2.05. The minimum absolute atomic E-state index is 0.111. The van der Waals surface area contributed by atoms with Gasteiger partial charge >= 0.3 is 5.24 Å². The second kappa shape index (κ2) is 6.06. The monoisotopic (exact) mass is 286 g/mol. The van der Waals surface area contributed by atoms with Crippen LogP contribution in [0.5, 0.6) is 11.5 Å². The number of ether oxygens (including phenoxy) is 2. The molecular formula is C17H18O2S. The molecular weight excluding hydrogens is 268 g/mol. The van der Waals surface area contributed by atoms with Gasteiger partial charge in [-0.05, 0) is 74.2 Å². The van der Waals surface area contributed by atoms with Crippen LogP contribution < -0.4 is 9.47 Å². The van der Waals surface area contributed by atoms with E-state index in [9.17, 15) is 0 Å². The standard InChI is InChI=1S/C17H18O2S/c1-11-5-12(2)8-15(7-11)18-17(20)19-16-9-13(3)6-14(4)10-16/h5-10H,1-4H3. The molecule has 0 aliphatic heterocycles. The molecule has 0 spiro atoms. The molecule has 3 heteroatoms. The van der Waals surface area contributed by atoms with Crippen LogP contribution in [0.4, 0.5) is 0 Å². The van der Waals surface area contributed by atoms with Crippen molar-refractivity contribution in [3.8, 4) is 11.5 Å². The molecule has 0 atom stereocenters. The van der Waals surface area contributed by atoms with Gasteiger partial charge in [-0.1, -0.05) is 12.1 Å². The Morgan fingerprint density at radius 2 is 0.950 bits per heavy atom. The van der Waals surface area contributed by atoms with Crippen molar-refractivity contribution < 1.29 is 9.47 Å². The molecule has 104 valence electrons. The third-order valence-electron chi connectivity index (χ3n) is 2.79. The fourth-order valence-electron chi connectivity index (χ4n) is 2.20. The van der Waals surface area contributed by atoms with Crippen molar-refractivity contribution in [1.29, 1.82) is 0 Å². The molecule has 2 rings (SSSR count). The summed E-state index contributed by atoms with van der Waals surface area (Å²) in [6, 6.07) is 11.9. The van der Waals surface area contributed by atoms with Gasteiger partial charge in [-0.25, -0.2) is 0 Å². The van der Waals surface area contributed by atoms with E-state index in [0.717, 1.165) is 22.3 Å². The van der Waals surface area contributed by atoms with E-state index in [1.165, 1.54) is 0 Å². The van der Waals surface area contributed by atoms with Crippen LogP contribution in [0.2, 0.25) is 0 Å². The zero-order valence-electron chi connectivity index (χ0n) is 12.2. The average Bonchev–Trinajstić information content (AvgIpc) is 2.24. The SMILES string of the molecule is Cc1cc(C)cc(OC(=S)Oc2cc(C)cc(C)c2)c1. The molecule has 2 aromatic carbocycles. The van der Waals surface area contributed by atoms with Crippen LogP contribution >= 0.6 is 12.2 Å². The zero-order chi connectivity index (χ0) is 14.7. The van der Waals surface area contributed by atoms with Crippen molar-refractivity contribution in [3.63, 3.8) is 0 Å². The predicted molar refractivity (Wildman–Crippen MR) is 85.7 cm³/mol. The van der Waals surface area contributed by atoms with Gasteiger partial charge in [0, 0.05) is 12.2 Å². The largest absolute Gasteiger partial charge is 0.417 e. The van der Waals surface area contributed by atoms with Gasteiger partial charge in [0.2, 0.25) is 0 Å². The molecule has 0 fully saturated rings. The van der Waals surface area contributed by atoms with Gasteiger partial charge in [-0.2, -0.15) is 0 Å². The summed E-state index contributed by atoms with van der Waals surface area (Å²) >= 11 is 5.15. The molecule has 0 radical (unpaired) electrons. The number of rotatable bonds is 2. The molecule has 2 nitrogen and oxygen atoms in total. The minimum atomic E-state index is 0.111. The highest BCUT2D eigenvalue weighted by Crippen LogP contribution is 2.19. The van der Waals surface area contributed by atoms with Crippen LogP contribution in [0, 0.1) is 27.7 Å². The third-order valence-corrected chi connectivity index (χ3v) is 2.96. The molecule has 0 saturated carbocycles. The zero-order valence-corrected chi connectivity index (χ0v) is 13.0. The quantitative estimate of drug-likeness (QED) is 0.748. The van der Waals surface area contributed by atoms with E-state index in [1.807, 2.05) is 52.0 Å². The van der Waals surface area contributed by atoms with E-state index >= 15 is 0 Å². The Labute approximate surface area is 125 Å². The molecule has 0 bridgehead atoms. The van der Waals surface area contributed by atoms with Crippen LogP contribution in [0.25, 0.3) is 0 Å². The maximum absolute atomic E-state index is 5.57. The molecule has 0 amide bonds. The third kappa shape index (κ3) is 4.07. The van der Waals surface area contributed by atoms with Gasteiger partial charge in [0.05, 0.1) is 0 Å². The Morgan fingerprint density at radius 1 is 0.650 bits per heavy atom. The van der Waals surface area contributed by atoms with Crippen molar-refractivity contribution in [2.24, 2.45) is 0 Å². The second-order valence-corrected chi connectivity index (χ2v) is 5.43. The van der Waals surface area contributed by atoms with Gasteiger partial charge in [0.15, 0.2) is 0 Å². The number of hydrogen-bond acceptors (Lipinski definition) is 3. The van der Waals surface area contributed by atoms with Crippen LogP contribution in [0.15, 0.2) is 36.4 Å². The molecule has 20 heavy (non-hydrogen) atoms. The lowest BCUT2D eigenvalue weighted by molar-refractivity contribution is 0.403. The Balaban J connectivity index is 2.08. The van der Waals surface area contributed by atoms with Crippen molar-refractivity contribution >= 4 is 17.5 Å². The fourth-order valence-corrected chi connectivity index (χ4v) is 2.39. The molecule has 2 aromatic rings. The maximum atomic E-state index is 5.57. The Morgan fingerprint density at radius 3 is 1.25 bits per heavy atom. The van der Waals surface area contributed by atoms with E-state index in [4.69, 9.17) is 21.7 Å². The van der Waals surface area contributed by atoms with Crippen LogP contribution in [0.3, 0.4) is 0 Å². The number of hydrogen-bond donors (Lipinski definition) is 0.